The van der Waals surface area contributed by atoms with Crippen molar-refractivity contribution in [1.29, 1.82) is 0 Å². The van der Waals surface area contributed by atoms with Crippen molar-refractivity contribution < 1.29 is 21.1 Å². The van der Waals surface area contributed by atoms with Crippen LogP contribution >= 0.6 is 0 Å². The van der Waals surface area contributed by atoms with Crippen LogP contribution in [0.5, 0.6) is 0 Å². The minimum Gasteiger partial charge on any atom is -0.452 e. The molecule has 4 nitrogen and oxygen atoms in total. The Morgan fingerprint density at radius 2 is 1.26 bits per heavy atom. The monoisotopic (exact) mass is 428 g/mol. The third-order valence-corrected chi connectivity index (χ3v) is 3.26. The number of fused-ring (bicyclic) bond motifs is 3. The van der Waals surface area contributed by atoms with E-state index in [1.54, 1.807) is 0 Å². The normalized spacial score (nSPS) is 11.1. The average molecular weight is 428 g/mol. The van der Waals surface area contributed by atoms with E-state index in [1.807, 2.05) is 0 Å². The van der Waals surface area contributed by atoms with Crippen molar-refractivity contribution in [2.24, 2.45) is 0 Å². The minimum absolute atomic E-state index is 0. The third-order valence-electron chi connectivity index (χ3n) is 3.26. The second-order valence-electron chi connectivity index (χ2n) is 4.84. The van der Waals surface area contributed by atoms with Gasteiger partial charge in [0.25, 0.3) is 0 Å². The standard InChI is InChI=1S/C14H20N4.W/c1-3-7-15-9-13-5-6-14-10-16(8-4-2)12-18(14)17(13)11-15;/h5-6,9-12H,3-4,7-8H2,1-2H3;/q-2;+2. The Kier molecular flexibility index (Phi) is 4.41. The summed E-state index contributed by atoms with van der Waals surface area (Å²) in [5.74, 6) is 0. The van der Waals surface area contributed by atoms with Gasteiger partial charge in [-0.05, 0) is 38.6 Å². The van der Waals surface area contributed by atoms with Gasteiger partial charge in [-0.25, -0.2) is 0 Å². The van der Waals surface area contributed by atoms with Gasteiger partial charge in [-0.3, -0.25) is 0 Å². The summed E-state index contributed by atoms with van der Waals surface area (Å²) in [4.78, 5) is 0. The number of aryl methyl sites for hydroxylation is 2. The first-order chi connectivity index (χ1) is 8.81. The summed E-state index contributed by atoms with van der Waals surface area (Å²) < 4.78 is 8.91. The molecule has 0 saturated carbocycles. The van der Waals surface area contributed by atoms with Crippen LogP contribution in [-0.4, -0.2) is 18.5 Å². The quantitative estimate of drug-likeness (QED) is 0.570. The molecule has 0 radical (unpaired) electrons. The first-order valence-corrected chi connectivity index (χ1v) is 6.73. The van der Waals surface area contributed by atoms with Gasteiger partial charge < -0.3 is 18.5 Å². The molecule has 0 N–H and O–H groups in total. The van der Waals surface area contributed by atoms with Gasteiger partial charge >= 0.3 is 21.1 Å². The molecule has 0 aromatic rings. The molecule has 0 fully saturated rings. The van der Waals surface area contributed by atoms with E-state index in [9.17, 15) is 0 Å². The smallest absolute Gasteiger partial charge is 0.452 e. The molecular weight excluding hydrogens is 408 g/mol. The van der Waals surface area contributed by atoms with Crippen LogP contribution in [0.4, 0.5) is 0 Å². The molecular formula is C14H20N4W. The molecule has 0 spiro atoms. The Morgan fingerprint density at radius 1 is 0.842 bits per heavy atom. The van der Waals surface area contributed by atoms with Crippen molar-refractivity contribution in [2.75, 3.05) is 0 Å². The second-order valence-corrected chi connectivity index (χ2v) is 4.84. The molecule has 5 heteroatoms. The van der Waals surface area contributed by atoms with Crippen molar-refractivity contribution in [2.45, 2.75) is 39.8 Å². The second kappa shape index (κ2) is 5.87. The van der Waals surface area contributed by atoms with Crippen LogP contribution in [-0.2, 0) is 34.2 Å². The van der Waals surface area contributed by atoms with E-state index in [-0.39, 0.29) is 21.1 Å². The van der Waals surface area contributed by atoms with E-state index >= 15 is 0 Å². The Balaban J connectivity index is 0.00000133. The van der Waals surface area contributed by atoms with Gasteiger partial charge in [0, 0.05) is 0 Å². The summed E-state index contributed by atoms with van der Waals surface area (Å²) in [6, 6.07) is 4.36. The summed E-state index contributed by atoms with van der Waals surface area (Å²) in [6.07, 6.45) is 11.1. The molecule has 0 amide bonds. The molecule has 3 heterocycles. The molecule has 0 atom stereocenters. The molecule has 19 heavy (non-hydrogen) atoms. The first kappa shape index (κ1) is 14.3. The fourth-order valence-corrected chi connectivity index (χ4v) is 2.47. The minimum atomic E-state index is 0. The third kappa shape index (κ3) is 2.59. The maximum Gasteiger partial charge on any atom is 2.00 e. The maximum absolute atomic E-state index is 2.25. The largest absolute Gasteiger partial charge is 2.00 e. The van der Waals surface area contributed by atoms with Gasteiger partial charge in [0.2, 0.25) is 0 Å². The van der Waals surface area contributed by atoms with E-state index in [1.165, 1.54) is 11.4 Å². The Bertz CT molecular complexity index is 545. The summed E-state index contributed by atoms with van der Waals surface area (Å²) in [5.41, 5.74) is 2.46. The van der Waals surface area contributed by atoms with Crippen molar-refractivity contribution >= 4 is 0 Å². The number of hydrogen-bond acceptors (Lipinski definition) is 0. The Labute approximate surface area is 128 Å². The zero-order valence-electron chi connectivity index (χ0n) is 11.5. The van der Waals surface area contributed by atoms with E-state index in [0.29, 0.717) is 0 Å². The summed E-state index contributed by atoms with van der Waals surface area (Å²) in [7, 11) is 0. The molecule has 0 aromatic heterocycles. The van der Waals surface area contributed by atoms with Crippen molar-refractivity contribution in [3.63, 3.8) is 0 Å². The molecule has 0 aromatic carbocycles. The number of nitrogens with zero attached hydrogens (tertiary/aromatic N) is 4. The molecule has 3 aliphatic rings. The SMILES string of the molecule is CCCn1cc2ccc3cn(CCC)[cH-]n-3n-2[cH-]1.[W+2]. The van der Waals surface area contributed by atoms with Crippen LogP contribution < -0.4 is 0 Å². The van der Waals surface area contributed by atoms with E-state index in [0.717, 1.165) is 25.9 Å². The summed E-state index contributed by atoms with van der Waals surface area (Å²) in [5, 5.41) is 0. The van der Waals surface area contributed by atoms with Crippen molar-refractivity contribution in [1.82, 2.24) is 18.5 Å². The van der Waals surface area contributed by atoms with E-state index < -0.39 is 0 Å². The zero-order chi connectivity index (χ0) is 12.5. The predicted molar refractivity (Wildman–Crippen MR) is 72.8 cm³/mol. The molecule has 102 valence electrons. The van der Waals surface area contributed by atoms with Gasteiger partial charge in [-0.15, -0.1) is 24.5 Å². The fourth-order valence-electron chi connectivity index (χ4n) is 2.47. The topological polar surface area (TPSA) is 19.7 Å². The molecule has 3 aliphatic heterocycles. The van der Waals surface area contributed by atoms with Crippen LogP contribution in [0, 0.1) is 0 Å². The fraction of sp³-hybridized carbons (Fsp3) is 0.429. The molecule has 3 rings (SSSR count). The van der Waals surface area contributed by atoms with Gasteiger partial charge in [-0.1, -0.05) is 25.2 Å². The Morgan fingerprint density at radius 3 is 1.63 bits per heavy atom. The van der Waals surface area contributed by atoms with Gasteiger partial charge in [0.1, 0.15) is 0 Å². The van der Waals surface area contributed by atoms with Crippen LogP contribution in [0.15, 0.2) is 37.2 Å². The number of aromatic nitrogens is 4. The van der Waals surface area contributed by atoms with Crippen LogP contribution in [0.25, 0.3) is 11.4 Å². The van der Waals surface area contributed by atoms with Crippen molar-refractivity contribution in [3.8, 4) is 11.4 Å². The van der Waals surface area contributed by atoms with Crippen LogP contribution in [0.2, 0.25) is 0 Å². The number of imidazole rings is 2. The van der Waals surface area contributed by atoms with E-state index in [4.69, 9.17) is 0 Å². The first-order valence-electron chi connectivity index (χ1n) is 6.73. The Hall–Kier alpha value is -1.15. The molecule has 0 bridgehead atoms. The number of hydrogen-bond donors (Lipinski definition) is 0. The molecule has 0 aliphatic carbocycles. The molecule has 0 unspecified atom stereocenters. The van der Waals surface area contributed by atoms with Gasteiger partial charge in [0.15, 0.2) is 0 Å². The zero-order valence-corrected chi connectivity index (χ0v) is 14.4. The van der Waals surface area contributed by atoms with Crippen molar-refractivity contribution in [3.05, 3.63) is 37.2 Å². The predicted octanol–water partition coefficient (Wildman–Crippen LogP) is 3.13. The van der Waals surface area contributed by atoms with Gasteiger partial charge in [-0.2, -0.15) is 0 Å². The summed E-state index contributed by atoms with van der Waals surface area (Å²) in [6.45, 7) is 6.55. The maximum atomic E-state index is 2.25. The van der Waals surface area contributed by atoms with Gasteiger partial charge in [0.05, 0.1) is 0 Å². The van der Waals surface area contributed by atoms with E-state index in [2.05, 4.69) is 69.5 Å². The van der Waals surface area contributed by atoms with Crippen LogP contribution in [0.1, 0.15) is 26.7 Å². The molecule has 0 saturated heterocycles. The summed E-state index contributed by atoms with van der Waals surface area (Å²) >= 11 is 0. The average Bonchev–Trinajstić information content (AvgIpc) is 2.91. The van der Waals surface area contributed by atoms with Crippen LogP contribution in [0.3, 0.4) is 0 Å². The number of rotatable bonds is 4.